The molecular formula is C12H17N2OPS2. The summed E-state index contributed by atoms with van der Waals surface area (Å²) < 4.78 is 8.18. The third-order valence-electron chi connectivity index (χ3n) is 2.61. The Balaban J connectivity index is 2.19. The SMILES string of the molecule is CN=C1SC(C)CN1P(C)(=S)Oc1ccccc1. The number of nitrogens with zero attached hydrogens (tertiary/aromatic N) is 2. The van der Waals surface area contributed by atoms with Crippen molar-refractivity contribution in [3.8, 4) is 5.75 Å². The summed E-state index contributed by atoms with van der Waals surface area (Å²) in [6.45, 7) is 5.12. The van der Waals surface area contributed by atoms with Crippen LogP contribution in [-0.4, -0.2) is 35.3 Å². The molecule has 0 radical (unpaired) electrons. The first-order valence-electron chi connectivity index (χ1n) is 5.76. The molecule has 0 aromatic heterocycles. The van der Waals surface area contributed by atoms with Crippen LogP contribution >= 0.6 is 18.2 Å². The van der Waals surface area contributed by atoms with Crippen molar-refractivity contribution in [2.24, 2.45) is 4.99 Å². The summed E-state index contributed by atoms with van der Waals surface area (Å²) in [5, 5.41) is 1.52. The summed E-state index contributed by atoms with van der Waals surface area (Å²) in [6, 6.07) is 9.78. The van der Waals surface area contributed by atoms with E-state index in [1.807, 2.05) is 44.0 Å². The Bertz CT molecular complexity index is 492. The van der Waals surface area contributed by atoms with Gasteiger partial charge in [-0.05, 0) is 23.9 Å². The third-order valence-corrected chi connectivity index (χ3v) is 6.50. The molecule has 1 aliphatic rings. The lowest BCUT2D eigenvalue weighted by Crippen LogP contribution is -2.24. The van der Waals surface area contributed by atoms with Crippen molar-refractivity contribution in [1.29, 1.82) is 0 Å². The van der Waals surface area contributed by atoms with Gasteiger partial charge in [-0.1, -0.05) is 36.9 Å². The minimum Gasteiger partial charge on any atom is -0.449 e. The first kappa shape index (κ1) is 13.9. The van der Waals surface area contributed by atoms with Crippen LogP contribution in [0.2, 0.25) is 0 Å². The van der Waals surface area contributed by atoms with Crippen LogP contribution in [0.4, 0.5) is 0 Å². The van der Waals surface area contributed by atoms with E-state index in [2.05, 4.69) is 16.6 Å². The summed E-state index contributed by atoms with van der Waals surface area (Å²) >= 11 is 7.47. The normalized spacial score (nSPS) is 25.2. The molecule has 1 aliphatic heterocycles. The highest BCUT2D eigenvalue weighted by Crippen LogP contribution is 2.52. The maximum atomic E-state index is 6.02. The lowest BCUT2D eigenvalue weighted by atomic mass is 10.3. The fourth-order valence-electron chi connectivity index (χ4n) is 1.80. The monoisotopic (exact) mass is 300 g/mol. The molecule has 2 unspecified atom stereocenters. The van der Waals surface area contributed by atoms with E-state index in [0.29, 0.717) is 5.25 Å². The van der Waals surface area contributed by atoms with E-state index >= 15 is 0 Å². The number of aliphatic imine (C=N–C) groups is 1. The molecule has 1 aromatic rings. The highest BCUT2D eigenvalue weighted by atomic mass is 32.4. The number of rotatable bonds is 3. The molecule has 1 heterocycles. The zero-order valence-corrected chi connectivity index (χ0v) is 13.3. The molecule has 0 spiro atoms. The molecule has 18 heavy (non-hydrogen) atoms. The summed E-state index contributed by atoms with van der Waals surface area (Å²) in [7, 11) is 1.81. The standard InChI is InChI=1S/C12H17N2OPS2/c1-10-9-14(12(13-2)18-10)16(3,17)15-11-7-5-4-6-8-11/h4-8,10H,9H2,1-3H3. The largest absolute Gasteiger partial charge is 0.449 e. The lowest BCUT2D eigenvalue weighted by Gasteiger charge is -2.29. The van der Waals surface area contributed by atoms with E-state index in [1.54, 1.807) is 11.8 Å². The van der Waals surface area contributed by atoms with E-state index in [-0.39, 0.29) is 0 Å². The van der Waals surface area contributed by atoms with Crippen LogP contribution in [0.5, 0.6) is 5.75 Å². The second-order valence-electron chi connectivity index (χ2n) is 4.22. The highest BCUT2D eigenvalue weighted by molar-refractivity contribution is 8.17. The Morgan fingerprint density at radius 3 is 2.72 bits per heavy atom. The van der Waals surface area contributed by atoms with Crippen LogP contribution in [0, 0.1) is 0 Å². The van der Waals surface area contributed by atoms with Crippen molar-refractivity contribution in [2.75, 3.05) is 20.3 Å². The van der Waals surface area contributed by atoms with Gasteiger partial charge in [0.1, 0.15) is 5.75 Å². The number of thioether (sulfide) groups is 1. The number of benzene rings is 1. The summed E-state index contributed by atoms with van der Waals surface area (Å²) in [6.07, 6.45) is -2.06. The van der Waals surface area contributed by atoms with Gasteiger partial charge in [-0.3, -0.25) is 9.66 Å². The van der Waals surface area contributed by atoms with Gasteiger partial charge in [-0.15, -0.1) is 0 Å². The number of hydrogen-bond acceptors (Lipinski definition) is 4. The predicted molar refractivity (Wildman–Crippen MR) is 84.4 cm³/mol. The molecule has 2 atom stereocenters. The molecule has 2 rings (SSSR count). The Kier molecular flexibility index (Phi) is 4.36. The molecule has 6 heteroatoms. The maximum Gasteiger partial charge on any atom is 0.203 e. The molecule has 0 N–H and O–H groups in total. The minimum atomic E-state index is -2.06. The van der Waals surface area contributed by atoms with E-state index in [1.165, 1.54) is 0 Å². The first-order chi connectivity index (χ1) is 8.53. The topological polar surface area (TPSA) is 24.8 Å². The lowest BCUT2D eigenvalue weighted by molar-refractivity contribution is 0.542. The fourth-order valence-corrected chi connectivity index (χ4v) is 5.80. The number of para-hydroxylation sites is 1. The summed E-state index contributed by atoms with van der Waals surface area (Å²) in [5.41, 5.74) is 0. The van der Waals surface area contributed by atoms with Crippen LogP contribution in [0.25, 0.3) is 0 Å². The van der Waals surface area contributed by atoms with Crippen LogP contribution in [-0.2, 0) is 11.8 Å². The van der Waals surface area contributed by atoms with Crippen molar-refractivity contribution >= 4 is 35.2 Å². The van der Waals surface area contributed by atoms with Gasteiger partial charge in [0.15, 0.2) is 5.17 Å². The number of amidine groups is 1. The fraction of sp³-hybridized carbons (Fsp3) is 0.417. The van der Waals surface area contributed by atoms with Gasteiger partial charge in [0.25, 0.3) is 0 Å². The molecule has 1 aromatic carbocycles. The highest BCUT2D eigenvalue weighted by Gasteiger charge is 2.34. The van der Waals surface area contributed by atoms with Gasteiger partial charge in [-0.2, -0.15) is 0 Å². The van der Waals surface area contributed by atoms with Crippen molar-refractivity contribution in [3.63, 3.8) is 0 Å². The van der Waals surface area contributed by atoms with Crippen molar-refractivity contribution < 1.29 is 4.52 Å². The third kappa shape index (κ3) is 3.08. The Hall–Kier alpha value is -0.510. The molecule has 3 nitrogen and oxygen atoms in total. The van der Waals surface area contributed by atoms with Crippen molar-refractivity contribution in [1.82, 2.24) is 4.67 Å². The predicted octanol–water partition coefficient (Wildman–Crippen LogP) is 3.43. The zero-order chi connectivity index (χ0) is 13.2. The molecule has 0 amide bonds. The van der Waals surface area contributed by atoms with Crippen LogP contribution in [0.3, 0.4) is 0 Å². The van der Waals surface area contributed by atoms with Crippen molar-refractivity contribution in [2.45, 2.75) is 12.2 Å². The van der Waals surface area contributed by atoms with E-state index in [0.717, 1.165) is 17.5 Å². The average molecular weight is 300 g/mol. The van der Waals surface area contributed by atoms with Crippen LogP contribution in [0.15, 0.2) is 35.3 Å². The van der Waals surface area contributed by atoms with Gasteiger partial charge in [-0.25, -0.2) is 0 Å². The Labute approximate surface area is 118 Å². The van der Waals surface area contributed by atoms with Crippen molar-refractivity contribution in [3.05, 3.63) is 30.3 Å². The maximum absolute atomic E-state index is 6.02. The molecule has 1 fully saturated rings. The average Bonchev–Trinajstić information content (AvgIpc) is 2.72. The zero-order valence-electron chi connectivity index (χ0n) is 10.7. The van der Waals surface area contributed by atoms with Gasteiger partial charge in [0.05, 0.1) is 0 Å². The van der Waals surface area contributed by atoms with Gasteiger partial charge < -0.3 is 4.52 Å². The molecular weight excluding hydrogens is 283 g/mol. The second-order valence-corrected chi connectivity index (χ2v) is 9.93. The van der Waals surface area contributed by atoms with E-state index in [4.69, 9.17) is 16.3 Å². The van der Waals surface area contributed by atoms with Crippen LogP contribution < -0.4 is 4.52 Å². The molecule has 0 bridgehead atoms. The van der Waals surface area contributed by atoms with E-state index in [9.17, 15) is 0 Å². The Morgan fingerprint density at radius 1 is 1.44 bits per heavy atom. The summed E-state index contributed by atoms with van der Waals surface area (Å²) in [4.78, 5) is 4.31. The van der Waals surface area contributed by atoms with Gasteiger partial charge in [0, 0.05) is 25.5 Å². The molecule has 98 valence electrons. The smallest absolute Gasteiger partial charge is 0.203 e. The minimum absolute atomic E-state index is 0.519. The molecule has 1 saturated heterocycles. The van der Waals surface area contributed by atoms with Gasteiger partial charge in [0.2, 0.25) is 6.42 Å². The number of hydrogen-bond donors (Lipinski definition) is 0. The summed E-state index contributed by atoms with van der Waals surface area (Å²) in [5.74, 6) is 0.836. The van der Waals surface area contributed by atoms with Gasteiger partial charge >= 0.3 is 0 Å². The molecule has 0 aliphatic carbocycles. The quantitative estimate of drug-likeness (QED) is 0.799. The molecule has 0 saturated carbocycles. The Morgan fingerprint density at radius 2 is 2.11 bits per heavy atom. The van der Waals surface area contributed by atoms with E-state index < -0.39 is 6.42 Å². The first-order valence-corrected chi connectivity index (χ1v) is 9.76. The second kappa shape index (κ2) is 5.64. The van der Waals surface area contributed by atoms with Crippen LogP contribution in [0.1, 0.15) is 6.92 Å².